The van der Waals surface area contributed by atoms with Crippen LogP contribution in [0, 0.1) is 11.6 Å². The lowest BCUT2D eigenvalue weighted by Crippen LogP contribution is -2.44. The van der Waals surface area contributed by atoms with Gasteiger partial charge in [0.05, 0.1) is 40.6 Å². The van der Waals surface area contributed by atoms with Gasteiger partial charge in [-0.15, -0.1) is 0 Å². The SMILES string of the molecule is C.CN1CCC(N(C)C(=O)Cc2ccc3c(c2)c(C(N)=O)nn3CC(=O)N(CC(=O)NCc2cccc(Cl)c2F)C2CC2)CC1.CNC1CCN(C)CC1.[N-]=[N+]=NC(=O)c1ccc2c(c1)c(C(N)=O)nn2CC(=O)N(CC(=O)NCc1cccc(Cl)c1F)C1CC1. The van der Waals surface area contributed by atoms with Crippen LogP contribution in [0.25, 0.3) is 32.2 Å². The molecule has 2 saturated carbocycles. The smallest absolute Gasteiger partial charge is 0.269 e. The van der Waals surface area contributed by atoms with Gasteiger partial charge in [-0.1, -0.05) is 61.0 Å². The van der Waals surface area contributed by atoms with Gasteiger partial charge in [-0.05, 0) is 157 Å². The van der Waals surface area contributed by atoms with Gasteiger partial charge in [0, 0.05) is 76.7 Å². The van der Waals surface area contributed by atoms with Gasteiger partial charge in [-0.25, -0.2) is 8.78 Å². The molecule has 0 radical (unpaired) electrons. The average Bonchev–Trinajstić information content (AvgIpc) is 1.69. The molecule has 486 valence electrons. The van der Waals surface area contributed by atoms with Crippen LogP contribution in [0.4, 0.5) is 8.78 Å². The Bertz CT molecular complexity index is 3720. The number of piperidine rings is 2. The molecular weight excluding hydrogens is 1220 g/mol. The van der Waals surface area contributed by atoms with E-state index in [4.69, 9.17) is 40.2 Å². The fraction of sp³-hybridized carbons (Fsp3) is 0.452. The molecule has 4 fully saturated rings. The van der Waals surface area contributed by atoms with Gasteiger partial charge in [0.15, 0.2) is 11.4 Å². The number of halogens is 4. The third-order valence-electron chi connectivity index (χ3n) is 16.4. The van der Waals surface area contributed by atoms with Crippen molar-refractivity contribution in [3.63, 3.8) is 0 Å². The van der Waals surface area contributed by atoms with Crippen LogP contribution in [0.15, 0.2) is 77.9 Å². The molecular formula is C62H77Cl2F2N17O8. The van der Waals surface area contributed by atoms with Crippen molar-refractivity contribution < 1.29 is 47.1 Å². The zero-order valence-corrected chi connectivity index (χ0v) is 52.0. The number of amides is 8. The van der Waals surface area contributed by atoms with Crippen molar-refractivity contribution in [2.24, 2.45) is 16.6 Å². The van der Waals surface area contributed by atoms with Crippen molar-refractivity contribution >= 4 is 92.3 Å². The number of likely N-dealkylation sites (tertiary alicyclic amines) is 2. The molecule has 2 aliphatic heterocycles. The Kier molecular flexibility index (Phi) is 24.5. The summed E-state index contributed by atoms with van der Waals surface area (Å²) in [5, 5.41) is 20.6. The van der Waals surface area contributed by atoms with Gasteiger partial charge in [-0.2, -0.15) is 10.2 Å². The maximum atomic E-state index is 14.2. The molecule has 4 heterocycles. The first-order valence-electron chi connectivity index (χ1n) is 29.5. The predicted octanol–water partition coefficient (Wildman–Crippen LogP) is 5.95. The third-order valence-corrected chi connectivity index (χ3v) is 16.9. The van der Waals surface area contributed by atoms with Gasteiger partial charge in [0.2, 0.25) is 35.4 Å². The van der Waals surface area contributed by atoms with E-state index >= 15 is 0 Å². The molecule has 0 atom stereocenters. The summed E-state index contributed by atoms with van der Waals surface area (Å²) in [5.74, 6) is -5.42. The quantitative estimate of drug-likeness (QED) is 0.0316. The van der Waals surface area contributed by atoms with Crippen molar-refractivity contribution in [1.82, 2.24) is 60.0 Å². The number of carbonyl (C=O) groups is 8. The van der Waals surface area contributed by atoms with E-state index in [9.17, 15) is 47.1 Å². The second-order valence-corrected chi connectivity index (χ2v) is 23.7. The Morgan fingerprint density at radius 2 is 1.10 bits per heavy atom. The van der Waals surface area contributed by atoms with Gasteiger partial charge in [0.25, 0.3) is 11.8 Å². The summed E-state index contributed by atoms with van der Waals surface area (Å²) in [6.45, 7) is 3.26. The van der Waals surface area contributed by atoms with E-state index in [2.05, 4.69) is 67.1 Å². The number of nitrogens with two attached hydrogens (primary N) is 2. The highest BCUT2D eigenvalue weighted by atomic mass is 35.5. The van der Waals surface area contributed by atoms with Gasteiger partial charge in [0.1, 0.15) is 24.7 Å². The summed E-state index contributed by atoms with van der Waals surface area (Å²) in [7, 11) is 8.14. The standard InChI is InChI=1S/C31H37ClFN7O4.C23H20ClFN8O4.C7H16N2.CH4/c1-37-12-10-21(11-13-37)38(2)27(42)15-19-6-9-25-23(14-19)30(31(34)44)36-40(25)18-28(43)39(22-7-8-22)17-26(41)35-16-20-4-3-5-24(32)29(20)33;24-16-3-1-2-13(20(16)25)9-28-18(34)10-32(14-5-6-14)19(35)11-33-17-7-4-12(23(37)29-31-27)8-15(17)21(30-33)22(26)36;1-8-7-3-5-9(2)6-4-7;/h3-6,9,14,21-22H,7-8,10-13,15-18H2,1-2H3,(H2,34,44)(H,35,41);1-4,7-8,14H,5-6,9-11H2,(H2,26,36)(H,28,34);7-8H,3-6H2,1-2H3;1H4. The Morgan fingerprint density at radius 1 is 0.648 bits per heavy atom. The minimum Gasteiger partial charge on any atom is -0.364 e. The van der Waals surface area contributed by atoms with E-state index in [0.717, 1.165) is 57.7 Å². The van der Waals surface area contributed by atoms with Gasteiger partial charge < -0.3 is 51.9 Å². The maximum Gasteiger partial charge on any atom is 0.269 e. The first-order chi connectivity index (χ1) is 43.0. The van der Waals surface area contributed by atoms with E-state index in [-0.39, 0.29) is 127 Å². The molecule has 4 aromatic carbocycles. The Morgan fingerprint density at radius 3 is 1.54 bits per heavy atom. The number of hydrogen-bond donors (Lipinski definition) is 5. The minimum absolute atomic E-state index is 0. The second-order valence-electron chi connectivity index (χ2n) is 22.9. The van der Waals surface area contributed by atoms with Crippen LogP contribution in [-0.2, 0) is 56.6 Å². The zero-order chi connectivity index (χ0) is 64.9. The number of fused-ring (bicyclic) bond motifs is 2. The van der Waals surface area contributed by atoms with Crippen LogP contribution in [0.1, 0.15) is 107 Å². The van der Waals surface area contributed by atoms with E-state index in [0.29, 0.717) is 22.0 Å². The van der Waals surface area contributed by atoms with Crippen LogP contribution in [0.5, 0.6) is 0 Å². The number of nitrogens with zero attached hydrogens (tertiary/aromatic N) is 12. The first-order valence-corrected chi connectivity index (χ1v) is 30.3. The van der Waals surface area contributed by atoms with Gasteiger partial charge >= 0.3 is 0 Å². The zero-order valence-electron chi connectivity index (χ0n) is 50.5. The fourth-order valence-electron chi connectivity index (χ4n) is 10.8. The molecule has 0 unspecified atom stereocenters. The highest BCUT2D eigenvalue weighted by Crippen LogP contribution is 2.30. The molecule has 6 aromatic rings. The number of rotatable bonds is 21. The molecule has 2 saturated heterocycles. The lowest BCUT2D eigenvalue weighted by atomic mass is 10.0. The summed E-state index contributed by atoms with van der Waals surface area (Å²) in [6, 6.07) is 19.1. The van der Waals surface area contributed by atoms with Crippen LogP contribution < -0.4 is 27.4 Å². The number of likely N-dealkylation sites (N-methyl/N-ethyl adjacent to an activating group) is 1. The summed E-state index contributed by atoms with van der Waals surface area (Å²) in [6.07, 6.45) is 7.59. The fourth-order valence-corrected chi connectivity index (χ4v) is 11.2. The molecule has 10 rings (SSSR count). The Labute approximate surface area is 535 Å². The van der Waals surface area contributed by atoms with Crippen molar-refractivity contribution in [1.29, 1.82) is 0 Å². The van der Waals surface area contributed by atoms with Crippen molar-refractivity contribution in [3.8, 4) is 0 Å². The second kappa shape index (κ2) is 31.9. The molecule has 2 aromatic heterocycles. The van der Waals surface area contributed by atoms with E-state index in [1.165, 1.54) is 87.6 Å². The minimum atomic E-state index is -0.878. The molecule has 25 nitrogen and oxygen atoms in total. The predicted molar refractivity (Wildman–Crippen MR) is 339 cm³/mol. The molecule has 91 heavy (non-hydrogen) atoms. The maximum absolute atomic E-state index is 14.2. The van der Waals surface area contributed by atoms with Crippen LogP contribution in [0.2, 0.25) is 10.0 Å². The number of aromatic nitrogens is 4. The number of nitrogens with one attached hydrogen (secondary N) is 3. The molecule has 4 aliphatic rings. The number of azide groups is 1. The molecule has 8 amide bonds. The third kappa shape index (κ3) is 18.5. The van der Waals surface area contributed by atoms with E-state index in [1.807, 2.05) is 11.9 Å². The number of hydrogen-bond acceptors (Lipinski definition) is 13. The van der Waals surface area contributed by atoms with E-state index < -0.39 is 47.1 Å². The average molecular weight is 1300 g/mol. The molecule has 2 aliphatic carbocycles. The van der Waals surface area contributed by atoms with Crippen molar-refractivity contribution in [2.45, 2.75) is 116 Å². The molecule has 7 N–H and O–H groups in total. The largest absolute Gasteiger partial charge is 0.364 e. The van der Waals surface area contributed by atoms with Crippen LogP contribution in [-0.4, -0.2) is 183 Å². The molecule has 0 spiro atoms. The van der Waals surface area contributed by atoms with Crippen LogP contribution in [0.3, 0.4) is 0 Å². The van der Waals surface area contributed by atoms with Crippen molar-refractivity contribution in [2.75, 3.05) is 67.5 Å². The molecule has 0 bridgehead atoms. The Hall–Kier alpha value is -8.59. The lowest BCUT2D eigenvalue weighted by Gasteiger charge is -2.35. The Balaban J connectivity index is 0.000000227. The van der Waals surface area contributed by atoms with Crippen LogP contribution >= 0.6 is 23.2 Å². The highest BCUT2D eigenvalue weighted by Gasteiger charge is 2.36. The van der Waals surface area contributed by atoms with Crippen molar-refractivity contribution in [3.05, 3.63) is 139 Å². The number of carbonyl (C=O) groups excluding carboxylic acids is 8. The van der Waals surface area contributed by atoms with E-state index in [1.54, 1.807) is 30.3 Å². The summed E-state index contributed by atoms with van der Waals surface area (Å²) in [5.41, 5.74) is 21.4. The summed E-state index contributed by atoms with van der Waals surface area (Å²) >= 11 is 11.6. The normalized spacial score (nSPS) is 15.2. The lowest BCUT2D eigenvalue weighted by molar-refractivity contribution is -0.137. The summed E-state index contributed by atoms with van der Waals surface area (Å²) < 4.78 is 31.0. The highest BCUT2D eigenvalue weighted by molar-refractivity contribution is 6.31. The van der Waals surface area contributed by atoms with Gasteiger partial charge in [-0.3, -0.25) is 47.7 Å². The monoisotopic (exact) mass is 1300 g/mol. The summed E-state index contributed by atoms with van der Waals surface area (Å²) in [4.78, 5) is 113. The number of benzene rings is 4. The first kappa shape index (κ1) is 69.9. The molecule has 29 heteroatoms. The topological polar surface area (TPSA) is 325 Å². The number of primary amides is 2.